The molecule has 0 bridgehead atoms. The molecule has 0 heterocycles. The van der Waals surface area contributed by atoms with Crippen LogP contribution < -0.4 is 5.32 Å². The Bertz CT molecular complexity index is 581. The zero-order chi connectivity index (χ0) is 17.2. The molecule has 1 fully saturated rings. The standard InChI is InChI=1S/C20H30N2O2/c1-15-7-9-17(10-8-15)22(2)19(24)13-21-20(14-23)12-11-16-5-3-4-6-18(16)20/h3-6,15,17,21,23H,7-14H2,1-2H3. The normalized spacial score (nSPS) is 29.3. The number of aliphatic hydroxyl groups is 1. The van der Waals surface area contributed by atoms with Gasteiger partial charge in [-0.25, -0.2) is 0 Å². The van der Waals surface area contributed by atoms with Gasteiger partial charge in [0.25, 0.3) is 0 Å². The minimum Gasteiger partial charge on any atom is -0.394 e. The number of amides is 1. The number of benzene rings is 1. The largest absolute Gasteiger partial charge is 0.394 e. The highest BCUT2D eigenvalue weighted by Crippen LogP contribution is 2.36. The van der Waals surface area contributed by atoms with E-state index in [2.05, 4.69) is 24.4 Å². The van der Waals surface area contributed by atoms with Gasteiger partial charge in [-0.1, -0.05) is 31.2 Å². The molecule has 1 unspecified atom stereocenters. The Hall–Kier alpha value is -1.39. The van der Waals surface area contributed by atoms with E-state index >= 15 is 0 Å². The number of carbonyl (C=O) groups is 1. The summed E-state index contributed by atoms with van der Waals surface area (Å²) in [5, 5.41) is 13.4. The average molecular weight is 330 g/mol. The van der Waals surface area contributed by atoms with E-state index in [-0.39, 0.29) is 19.1 Å². The molecule has 1 atom stereocenters. The van der Waals surface area contributed by atoms with Crippen LogP contribution in [-0.2, 0) is 16.8 Å². The van der Waals surface area contributed by atoms with Gasteiger partial charge in [0.15, 0.2) is 0 Å². The summed E-state index contributed by atoms with van der Waals surface area (Å²) in [4.78, 5) is 14.6. The van der Waals surface area contributed by atoms with Gasteiger partial charge >= 0.3 is 0 Å². The molecular weight excluding hydrogens is 300 g/mol. The molecule has 1 saturated carbocycles. The van der Waals surface area contributed by atoms with Crippen molar-refractivity contribution in [3.8, 4) is 0 Å². The first-order valence-corrected chi connectivity index (χ1v) is 9.25. The number of aliphatic hydroxyl groups excluding tert-OH is 1. The maximum Gasteiger partial charge on any atom is 0.236 e. The average Bonchev–Trinajstić information content (AvgIpc) is 2.99. The molecule has 0 saturated heterocycles. The number of nitrogens with zero attached hydrogens (tertiary/aromatic N) is 1. The van der Waals surface area contributed by atoms with Crippen molar-refractivity contribution in [3.63, 3.8) is 0 Å². The minimum absolute atomic E-state index is 0.0297. The third-order valence-electron chi connectivity index (χ3n) is 6.13. The number of rotatable bonds is 5. The number of nitrogens with one attached hydrogen (secondary N) is 1. The van der Waals surface area contributed by atoms with Crippen molar-refractivity contribution in [2.75, 3.05) is 20.2 Å². The Morgan fingerprint density at radius 3 is 2.71 bits per heavy atom. The Labute approximate surface area is 145 Å². The molecule has 4 nitrogen and oxygen atoms in total. The van der Waals surface area contributed by atoms with Crippen LogP contribution in [0.2, 0.25) is 0 Å². The fourth-order valence-corrected chi connectivity index (χ4v) is 4.29. The van der Waals surface area contributed by atoms with Gasteiger partial charge in [0, 0.05) is 13.1 Å². The van der Waals surface area contributed by atoms with Crippen LogP contribution in [0.1, 0.15) is 50.2 Å². The van der Waals surface area contributed by atoms with E-state index in [1.165, 1.54) is 18.4 Å². The van der Waals surface area contributed by atoms with E-state index < -0.39 is 5.54 Å². The second-order valence-corrected chi connectivity index (χ2v) is 7.67. The van der Waals surface area contributed by atoms with Gasteiger partial charge in [-0.05, 0) is 55.6 Å². The zero-order valence-corrected chi connectivity index (χ0v) is 14.9. The van der Waals surface area contributed by atoms with Crippen LogP contribution in [0, 0.1) is 5.92 Å². The fourth-order valence-electron chi connectivity index (χ4n) is 4.29. The molecule has 2 N–H and O–H groups in total. The van der Waals surface area contributed by atoms with E-state index in [1.807, 2.05) is 24.1 Å². The Kier molecular flexibility index (Phi) is 5.26. The van der Waals surface area contributed by atoms with Gasteiger partial charge in [-0.15, -0.1) is 0 Å². The lowest BCUT2D eigenvalue weighted by molar-refractivity contribution is -0.132. The Morgan fingerprint density at radius 1 is 1.29 bits per heavy atom. The predicted molar refractivity (Wildman–Crippen MR) is 95.7 cm³/mol. The first kappa shape index (κ1) is 17.4. The molecular formula is C20H30N2O2. The predicted octanol–water partition coefficient (Wildman–Crippen LogP) is 2.45. The van der Waals surface area contributed by atoms with E-state index in [4.69, 9.17) is 0 Å². The number of fused-ring (bicyclic) bond motifs is 1. The van der Waals surface area contributed by atoms with Crippen LogP contribution in [0.4, 0.5) is 0 Å². The number of hydrogen-bond donors (Lipinski definition) is 2. The monoisotopic (exact) mass is 330 g/mol. The number of likely N-dealkylation sites (N-methyl/N-ethyl adjacent to an activating group) is 1. The van der Waals surface area contributed by atoms with E-state index in [1.54, 1.807) is 0 Å². The molecule has 24 heavy (non-hydrogen) atoms. The minimum atomic E-state index is -0.464. The van der Waals surface area contributed by atoms with Crippen molar-refractivity contribution in [3.05, 3.63) is 35.4 Å². The Balaban J connectivity index is 1.61. The lowest BCUT2D eigenvalue weighted by Crippen LogP contribution is -2.50. The molecule has 0 radical (unpaired) electrons. The lowest BCUT2D eigenvalue weighted by atomic mass is 9.86. The fraction of sp³-hybridized carbons (Fsp3) is 0.650. The summed E-state index contributed by atoms with van der Waals surface area (Å²) in [5.41, 5.74) is 1.96. The van der Waals surface area contributed by atoms with Crippen LogP contribution in [0.3, 0.4) is 0 Å². The zero-order valence-electron chi connectivity index (χ0n) is 14.9. The Morgan fingerprint density at radius 2 is 2.00 bits per heavy atom. The highest BCUT2D eigenvalue weighted by atomic mass is 16.3. The summed E-state index contributed by atoms with van der Waals surface area (Å²) >= 11 is 0. The van der Waals surface area contributed by atoms with Crippen LogP contribution in [0.15, 0.2) is 24.3 Å². The van der Waals surface area contributed by atoms with Crippen molar-refractivity contribution in [1.82, 2.24) is 10.2 Å². The molecule has 0 aliphatic heterocycles. The highest BCUT2D eigenvalue weighted by Gasteiger charge is 2.38. The molecule has 0 spiro atoms. The summed E-state index contributed by atoms with van der Waals surface area (Å²) in [6, 6.07) is 8.60. The molecule has 3 rings (SSSR count). The van der Waals surface area contributed by atoms with E-state index in [9.17, 15) is 9.90 Å². The van der Waals surface area contributed by atoms with Crippen molar-refractivity contribution in [2.45, 2.75) is 57.0 Å². The molecule has 2 aliphatic rings. The van der Waals surface area contributed by atoms with E-state index in [0.29, 0.717) is 6.04 Å². The van der Waals surface area contributed by atoms with Gasteiger partial charge < -0.3 is 10.0 Å². The van der Waals surface area contributed by atoms with Crippen LogP contribution >= 0.6 is 0 Å². The third kappa shape index (κ3) is 3.35. The van der Waals surface area contributed by atoms with Crippen molar-refractivity contribution >= 4 is 5.91 Å². The molecule has 1 aromatic carbocycles. The SMILES string of the molecule is CC1CCC(N(C)C(=O)CNC2(CO)CCc3ccccc32)CC1. The van der Waals surface area contributed by atoms with Crippen molar-refractivity contribution < 1.29 is 9.90 Å². The highest BCUT2D eigenvalue weighted by molar-refractivity contribution is 5.78. The molecule has 0 aromatic heterocycles. The van der Waals surface area contributed by atoms with Gasteiger partial charge in [0.05, 0.1) is 18.7 Å². The van der Waals surface area contributed by atoms with Gasteiger partial charge in [-0.2, -0.15) is 0 Å². The quantitative estimate of drug-likeness (QED) is 0.872. The number of aryl methyl sites for hydroxylation is 1. The molecule has 4 heteroatoms. The summed E-state index contributed by atoms with van der Waals surface area (Å²) < 4.78 is 0. The van der Waals surface area contributed by atoms with Crippen LogP contribution in [0.25, 0.3) is 0 Å². The molecule has 1 aromatic rings. The van der Waals surface area contributed by atoms with E-state index in [0.717, 1.165) is 37.2 Å². The number of carbonyl (C=O) groups excluding carboxylic acids is 1. The summed E-state index contributed by atoms with van der Waals surface area (Å²) in [5.74, 6) is 0.919. The summed E-state index contributed by atoms with van der Waals surface area (Å²) in [7, 11) is 1.93. The second-order valence-electron chi connectivity index (χ2n) is 7.67. The summed E-state index contributed by atoms with van der Waals surface area (Å²) in [6.45, 7) is 2.61. The topological polar surface area (TPSA) is 52.6 Å². The third-order valence-corrected chi connectivity index (χ3v) is 6.13. The molecule has 2 aliphatic carbocycles. The molecule has 1 amide bonds. The lowest BCUT2D eigenvalue weighted by Gasteiger charge is -2.35. The van der Waals surface area contributed by atoms with Crippen LogP contribution in [0.5, 0.6) is 0 Å². The maximum atomic E-state index is 12.6. The molecule has 132 valence electrons. The summed E-state index contributed by atoms with van der Waals surface area (Å²) in [6.07, 6.45) is 6.44. The smallest absolute Gasteiger partial charge is 0.236 e. The van der Waals surface area contributed by atoms with Crippen molar-refractivity contribution in [1.29, 1.82) is 0 Å². The maximum absolute atomic E-state index is 12.6. The second kappa shape index (κ2) is 7.24. The van der Waals surface area contributed by atoms with Gasteiger partial charge in [0.1, 0.15) is 0 Å². The van der Waals surface area contributed by atoms with Crippen LogP contribution in [-0.4, -0.2) is 42.2 Å². The van der Waals surface area contributed by atoms with Gasteiger partial charge in [-0.3, -0.25) is 10.1 Å². The first-order valence-electron chi connectivity index (χ1n) is 9.25. The van der Waals surface area contributed by atoms with Gasteiger partial charge in [0.2, 0.25) is 5.91 Å². The van der Waals surface area contributed by atoms with Crippen molar-refractivity contribution in [2.24, 2.45) is 5.92 Å². The first-order chi connectivity index (χ1) is 11.6. The number of hydrogen-bond acceptors (Lipinski definition) is 3.